The van der Waals surface area contributed by atoms with E-state index in [4.69, 9.17) is 4.99 Å². The summed E-state index contributed by atoms with van der Waals surface area (Å²) in [5.41, 5.74) is 0. The molecular formula is C18H36IN5O. The molecule has 1 amide bonds. The van der Waals surface area contributed by atoms with Crippen LogP contribution in [0, 0.1) is 0 Å². The Hall–Kier alpha value is -0.570. The van der Waals surface area contributed by atoms with E-state index >= 15 is 0 Å². The Morgan fingerprint density at radius 1 is 1.20 bits per heavy atom. The normalized spacial score (nSPS) is 21.9. The highest BCUT2D eigenvalue weighted by Gasteiger charge is 2.30. The number of aliphatic imine (C=N–C) groups is 1. The largest absolute Gasteiger partial charge is 0.357 e. The molecular weight excluding hydrogens is 429 g/mol. The SMILES string of the molecule is CCNC(=NCCCN1CCCC1C(=O)N(C)C)NC1CCCC1.I. The molecule has 1 aliphatic carbocycles. The summed E-state index contributed by atoms with van der Waals surface area (Å²) in [5.74, 6) is 1.19. The molecule has 6 nitrogen and oxygen atoms in total. The zero-order valence-electron chi connectivity index (χ0n) is 16.1. The molecule has 0 spiro atoms. The summed E-state index contributed by atoms with van der Waals surface area (Å²) in [6.45, 7) is 5.80. The number of guanidine groups is 1. The van der Waals surface area contributed by atoms with Gasteiger partial charge in [0.1, 0.15) is 0 Å². The molecule has 0 radical (unpaired) electrons. The van der Waals surface area contributed by atoms with Gasteiger partial charge in [-0.3, -0.25) is 14.7 Å². The van der Waals surface area contributed by atoms with E-state index in [1.807, 2.05) is 14.1 Å². The molecule has 146 valence electrons. The van der Waals surface area contributed by atoms with Gasteiger partial charge in [-0.1, -0.05) is 12.8 Å². The molecule has 2 N–H and O–H groups in total. The highest BCUT2D eigenvalue weighted by Crippen LogP contribution is 2.19. The van der Waals surface area contributed by atoms with Gasteiger partial charge < -0.3 is 15.5 Å². The minimum absolute atomic E-state index is 0. The van der Waals surface area contributed by atoms with Crippen molar-refractivity contribution in [3.8, 4) is 0 Å². The molecule has 2 fully saturated rings. The van der Waals surface area contributed by atoms with E-state index in [-0.39, 0.29) is 35.9 Å². The first-order valence-electron chi connectivity index (χ1n) is 9.62. The van der Waals surface area contributed by atoms with Crippen LogP contribution in [0.5, 0.6) is 0 Å². The van der Waals surface area contributed by atoms with Gasteiger partial charge in [0.15, 0.2) is 5.96 Å². The quantitative estimate of drug-likeness (QED) is 0.262. The van der Waals surface area contributed by atoms with Gasteiger partial charge in [0, 0.05) is 39.8 Å². The maximum Gasteiger partial charge on any atom is 0.239 e. The summed E-state index contributed by atoms with van der Waals surface area (Å²) in [6.07, 6.45) is 8.28. The van der Waals surface area contributed by atoms with E-state index in [1.165, 1.54) is 25.7 Å². The van der Waals surface area contributed by atoms with E-state index in [0.717, 1.165) is 51.4 Å². The fourth-order valence-electron chi connectivity index (χ4n) is 3.72. The van der Waals surface area contributed by atoms with Crippen molar-refractivity contribution < 1.29 is 4.79 Å². The fraction of sp³-hybridized carbons (Fsp3) is 0.889. The van der Waals surface area contributed by atoms with Gasteiger partial charge in [-0.15, -0.1) is 24.0 Å². The Kier molecular flexibility index (Phi) is 10.7. The third kappa shape index (κ3) is 7.29. The standard InChI is InChI=1S/C18H35N5O.HI/c1-4-19-18(21-15-9-5-6-10-15)20-12-8-14-23-13-7-11-16(23)17(24)22(2)3;/h15-16H,4-14H2,1-3H3,(H2,19,20,21);1H. The first kappa shape index (κ1) is 22.5. The lowest BCUT2D eigenvalue weighted by Gasteiger charge is -2.25. The number of amides is 1. The summed E-state index contributed by atoms with van der Waals surface area (Å²) in [7, 11) is 3.70. The molecule has 1 saturated carbocycles. The molecule has 1 heterocycles. The van der Waals surface area contributed by atoms with Gasteiger partial charge >= 0.3 is 0 Å². The lowest BCUT2D eigenvalue weighted by Crippen LogP contribution is -2.43. The Bertz CT molecular complexity index is 424. The van der Waals surface area contributed by atoms with Crippen molar-refractivity contribution in [2.75, 3.05) is 40.3 Å². The monoisotopic (exact) mass is 465 g/mol. The zero-order valence-corrected chi connectivity index (χ0v) is 18.4. The lowest BCUT2D eigenvalue weighted by molar-refractivity contribution is -0.133. The molecule has 1 aliphatic heterocycles. The Morgan fingerprint density at radius 2 is 1.92 bits per heavy atom. The molecule has 0 aromatic heterocycles. The number of likely N-dealkylation sites (N-methyl/N-ethyl adjacent to an activating group) is 1. The maximum absolute atomic E-state index is 12.2. The van der Waals surface area contributed by atoms with Crippen LogP contribution in [-0.4, -0.2) is 74.0 Å². The molecule has 0 bridgehead atoms. The molecule has 1 unspecified atom stereocenters. The number of hydrogen-bond acceptors (Lipinski definition) is 3. The number of carbonyl (C=O) groups is 1. The van der Waals surface area contributed by atoms with E-state index in [0.29, 0.717) is 6.04 Å². The predicted octanol–water partition coefficient (Wildman–Crippen LogP) is 2.04. The summed E-state index contributed by atoms with van der Waals surface area (Å²) < 4.78 is 0. The fourth-order valence-corrected chi connectivity index (χ4v) is 3.72. The summed E-state index contributed by atoms with van der Waals surface area (Å²) in [4.78, 5) is 21.0. The summed E-state index contributed by atoms with van der Waals surface area (Å²) >= 11 is 0. The zero-order chi connectivity index (χ0) is 17.4. The van der Waals surface area contributed by atoms with Crippen LogP contribution in [0.25, 0.3) is 0 Å². The second kappa shape index (κ2) is 11.9. The minimum Gasteiger partial charge on any atom is -0.357 e. The van der Waals surface area contributed by atoms with Gasteiger partial charge in [-0.25, -0.2) is 0 Å². The first-order chi connectivity index (χ1) is 11.6. The average Bonchev–Trinajstić information content (AvgIpc) is 3.22. The highest BCUT2D eigenvalue weighted by molar-refractivity contribution is 14.0. The number of carbonyl (C=O) groups excluding carboxylic acids is 1. The number of hydrogen-bond donors (Lipinski definition) is 2. The van der Waals surface area contributed by atoms with Gasteiger partial charge in [0.25, 0.3) is 0 Å². The molecule has 7 heteroatoms. The van der Waals surface area contributed by atoms with E-state index < -0.39 is 0 Å². The van der Waals surface area contributed by atoms with Crippen LogP contribution in [-0.2, 0) is 4.79 Å². The van der Waals surface area contributed by atoms with Crippen molar-refractivity contribution in [3.63, 3.8) is 0 Å². The third-order valence-electron chi connectivity index (χ3n) is 5.00. The molecule has 1 atom stereocenters. The predicted molar refractivity (Wildman–Crippen MR) is 115 cm³/mol. The van der Waals surface area contributed by atoms with E-state index in [9.17, 15) is 4.79 Å². The molecule has 2 rings (SSSR count). The van der Waals surface area contributed by atoms with Gasteiger partial charge in [-0.05, 0) is 45.6 Å². The van der Waals surface area contributed by atoms with Crippen LogP contribution >= 0.6 is 24.0 Å². The van der Waals surface area contributed by atoms with Crippen molar-refractivity contribution in [2.45, 2.75) is 64.0 Å². The molecule has 25 heavy (non-hydrogen) atoms. The molecule has 2 aliphatic rings. The summed E-state index contributed by atoms with van der Waals surface area (Å²) in [6, 6.07) is 0.664. The summed E-state index contributed by atoms with van der Waals surface area (Å²) in [5, 5.41) is 6.90. The van der Waals surface area contributed by atoms with E-state index in [2.05, 4.69) is 22.5 Å². The number of nitrogens with one attached hydrogen (secondary N) is 2. The topological polar surface area (TPSA) is 60.0 Å². The van der Waals surface area contributed by atoms with Gasteiger partial charge in [0.05, 0.1) is 6.04 Å². The maximum atomic E-state index is 12.2. The Balaban J connectivity index is 0.00000312. The van der Waals surface area contributed by atoms with Crippen LogP contribution in [0.3, 0.4) is 0 Å². The van der Waals surface area contributed by atoms with Crippen LogP contribution in [0.4, 0.5) is 0 Å². The van der Waals surface area contributed by atoms with Crippen LogP contribution in [0.2, 0.25) is 0 Å². The molecule has 1 saturated heterocycles. The van der Waals surface area contributed by atoms with Crippen LogP contribution in [0.15, 0.2) is 4.99 Å². The third-order valence-corrected chi connectivity index (χ3v) is 5.00. The lowest BCUT2D eigenvalue weighted by atomic mass is 10.2. The number of halogens is 1. The highest BCUT2D eigenvalue weighted by atomic mass is 127. The van der Waals surface area contributed by atoms with Crippen LogP contribution < -0.4 is 10.6 Å². The van der Waals surface area contributed by atoms with Crippen molar-refractivity contribution in [2.24, 2.45) is 4.99 Å². The number of rotatable bonds is 7. The van der Waals surface area contributed by atoms with Crippen molar-refractivity contribution in [3.05, 3.63) is 0 Å². The first-order valence-corrected chi connectivity index (χ1v) is 9.62. The second-order valence-corrected chi connectivity index (χ2v) is 7.17. The van der Waals surface area contributed by atoms with Crippen molar-refractivity contribution in [1.29, 1.82) is 0 Å². The Labute approximate surface area is 170 Å². The smallest absolute Gasteiger partial charge is 0.239 e. The van der Waals surface area contributed by atoms with Crippen LogP contribution in [0.1, 0.15) is 51.9 Å². The average molecular weight is 465 g/mol. The number of likely N-dealkylation sites (tertiary alicyclic amines) is 1. The van der Waals surface area contributed by atoms with Gasteiger partial charge in [-0.2, -0.15) is 0 Å². The van der Waals surface area contributed by atoms with Crippen molar-refractivity contribution in [1.82, 2.24) is 20.4 Å². The minimum atomic E-state index is 0. The molecule has 0 aromatic carbocycles. The second-order valence-electron chi connectivity index (χ2n) is 7.17. The molecule has 0 aromatic rings. The van der Waals surface area contributed by atoms with Gasteiger partial charge in [0.2, 0.25) is 5.91 Å². The van der Waals surface area contributed by atoms with Crippen molar-refractivity contribution >= 4 is 35.8 Å². The number of nitrogens with zero attached hydrogens (tertiary/aromatic N) is 3. The van der Waals surface area contributed by atoms with E-state index in [1.54, 1.807) is 4.90 Å². The Morgan fingerprint density at radius 3 is 2.56 bits per heavy atom.